The Balaban J connectivity index is 3.13. The van der Waals surface area contributed by atoms with Crippen LogP contribution in [0.3, 0.4) is 0 Å². The Kier molecular flexibility index (Phi) is 5.79. The number of hydrogen-bond donors (Lipinski definition) is 3. The normalized spacial score (nSPS) is 13.3. The number of sulfonamides is 1. The predicted octanol–water partition coefficient (Wildman–Crippen LogP) is 1.80. The van der Waals surface area contributed by atoms with E-state index in [1.165, 1.54) is 23.7 Å². The van der Waals surface area contributed by atoms with Crippen LogP contribution in [0.15, 0.2) is 23.1 Å². The van der Waals surface area contributed by atoms with Crippen LogP contribution < -0.4 is 10.2 Å². The molecule has 20 heavy (non-hydrogen) atoms. The van der Waals surface area contributed by atoms with Gasteiger partial charge in [0.05, 0.1) is 4.90 Å². The molecule has 1 aromatic carbocycles. The molecule has 1 unspecified atom stereocenters. The van der Waals surface area contributed by atoms with Gasteiger partial charge in [0.25, 0.3) is 5.91 Å². The van der Waals surface area contributed by atoms with Crippen LogP contribution in [0.4, 0.5) is 0 Å². The molecule has 3 N–H and O–H groups in total. The van der Waals surface area contributed by atoms with Gasteiger partial charge in [-0.2, -0.15) is 4.72 Å². The van der Waals surface area contributed by atoms with E-state index in [2.05, 4.69) is 4.72 Å². The summed E-state index contributed by atoms with van der Waals surface area (Å²) in [4.78, 5) is 11.3. The fraction of sp³-hybridized carbons (Fsp3) is 0.364. The minimum atomic E-state index is -4.00. The molecule has 112 valence electrons. The van der Waals surface area contributed by atoms with Crippen molar-refractivity contribution in [1.29, 1.82) is 0 Å². The van der Waals surface area contributed by atoms with Crippen LogP contribution in [-0.2, 0) is 14.8 Å². The van der Waals surface area contributed by atoms with E-state index in [4.69, 9.17) is 28.4 Å². The van der Waals surface area contributed by atoms with Gasteiger partial charge in [0.15, 0.2) is 0 Å². The van der Waals surface area contributed by atoms with E-state index in [0.29, 0.717) is 0 Å². The first-order valence-corrected chi connectivity index (χ1v) is 7.83. The number of rotatable bonds is 5. The van der Waals surface area contributed by atoms with Crippen LogP contribution in [0.25, 0.3) is 0 Å². The summed E-state index contributed by atoms with van der Waals surface area (Å²) in [6.45, 7) is 3.26. The molecule has 0 fully saturated rings. The molecule has 9 heteroatoms. The second kappa shape index (κ2) is 6.73. The summed E-state index contributed by atoms with van der Waals surface area (Å²) < 4.78 is 26.6. The molecule has 1 atom stereocenters. The highest BCUT2D eigenvalue weighted by Crippen LogP contribution is 2.22. The summed E-state index contributed by atoms with van der Waals surface area (Å²) in [7, 11) is -4.00. The Labute approximate surface area is 127 Å². The van der Waals surface area contributed by atoms with Crippen LogP contribution in [0.1, 0.15) is 13.8 Å². The number of benzene rings is 1. The van der Waals surface area contributed by atoms with E-state index in [-0.39, 0.29) is 20.9 Å². The van der Waals surface area contributed by atoms with Gasteiger partial charge in [-0.05, 0) is 24.1 Å². The molecule has 0 spiro atoms. The van der Waals surface area contributed by atoms with Crippen molar-refractivity contribution in [2.24, 2.45) is 5.92 Å². The van der Waals surface area contributed by atoms with Gasteiger partial charge in [0.1, 0.15) is 6.04 Å². The van der Waals surface area contributed by atoms with Crippen LogP contribution >= 0.6 is 23.2 Å². The zero-order valence-electron chi connectivity index (χ0n) is 10.7. The van der Waals surface area contributed by atoms with Gasteiger partial charge >= 0.3 is 0 Å². The average Bonchev–Trinajstić information content (AvgIpc) is 2.33. The van der Waals surface area contributed by atoms with Gasteiger partial charge in [-0.3, -0.25) is 10.0 Å². The zero-order chi connectivity index (χ0) is 15.5. The van der Waals surface area contributed by atoms with Crippen molar-refractivity contribution in [3.63, 3.8) is 0 Å². The van der Waals surface area contributed by atoms with E-state index in [1.807, 2.05) is 0 Å². The lowest BCUT2D eigenvalue weighted by molar-refractivity contribution is -0.131. The predicted molar refractivity (Wildman–Crippen MR) is 75.3 cm³/mol. The van der Waals surface area contributed by atoms with Gasteiger partial charge in [0.2, 0.25) is 10.0 Å². The van der Waals surface area contributed by atoms with E-state index in [0.717, 1.165) is 0 Å². The number of hydroxylamine groups is 1. The monoisotopic (exact) mass is 340 g/mol. The van der Waals surface area contributed by atoms with Crippen molar-refractivity contribution >= 4 is 39.1 Å². The highest BCUT2D eigenvalue weighted by atomic mass is 35.5. The molecule has 6 nitrogen and oxygen atoms in total. The Morgan fingerprint density at radius 3 is 2.10 bits per heavy atom. The fourth-order valence-electron chi connectivity index (χ4n) is 1.48. The highest BCUT2D eigenvalue weighted by molar-refractivity contribution is 7.89. The molecule has 0 aromatic heterocycles. The van der Waals surface area contributed by atoms with Crippen molar-refractivity contribution in [3.8, 4) is 0 Å². The van der Waals surface area contributed by atoms with Gasteiger partial charge in [0, 0.05) is 10.0 Å². The molecule has 0 heterocycles. The largest absolute Gasteiger partial charge is 0.289 e. The quantitative estimate of drug-likeness (QED) is 0.562. The minimum Gasteiger partial charge on any atom is -0.289 e. The number of hydrogen-bond acceptors (Lipinski definition) is 4. The molecular formula is C11H14Cl2N2O4S. The maximum Gasteiger partial charge on any atom is 0.261 e. The first-order valence-electron chi connectivity index (χ1n) is 5.59. The molecule has 0 saturated heterocycles. The highest BCUT2D eigenvalue weighted by Gasteiger charge is 2.28. The SMILES string of the molecule is CC(C)C(NS(=O)(=O)c1cc(Cl)cc(Cl)c1)C(=O)NO. The standard InChI is InChI=1S/C11H14Cl2N2O4S/c1-6(2)10(11(16)14-17)15-20(18,19)9-4-7(12)3-8(13)5-9/h3-6,10,15,17H,1-2H3,(H,14,16). The van der Waals surface area contributed by atoms with Crippen molar-refractivity contribution in [2.45, 2.75) is 24.8 Å². The average molecular weight is 341 g/mol. The number of halogens is 2. The van der Waals surface area contributed by atoms with Crippen molar-refractivity contribution < 1.29 is 18.4 Å². The maximum atomic E-state index is 12.2. The molecule has 0 saturated carbocycles. The third-order valence-electron chi connectivity index (χ3n) is 2.49. The second-order valence-corrected chi connectivity index (χ2v) is 7.01. The maximum absolute atomic E-state index is 12.2. The van der Waals surface area contributed by atoms with E-state index < -0.39 is 22.0 Å². The summed E-state index contributed by atoms with van der Waals surface area (Å²) in [5.41, 5.74) is 1.43. The first kappa shape index (κ1) is 17.2. The summed E-state index contributed by atoms with van der Waals surface area (Å²) >= 11 is 11.5. The zero-order valence-corrected chi connectivity index (χ0v) is 13.1. The molecule has 0 radical (unpaired) electrons. The van der Waals surface area contributed by atoms with E-state index in [9.17, 15) is 13.2 Å². The topological polar surface area (TPSA) is 95.5 Å². The Bertz CT molecular complexity index is 584. The molecule has 1 rings (SSSR count). The second-order valence-electron chi connectivity index (χ2n) is 4.42. The Morgan fingerprint density at radius 1 is 1.20 bits per heavy atom. The Hall–Kier alpha value is -0.860. The lowest BCUT2D eigenvalue weighted by Gasteiger charge is -2.20. The first-order chi connectivity index (χ1) is 9.17. The summed E-state index contributed by atoms with van der Waals surface area (Å²) in [6.07, 6.45) is 0. The number of carbonyl (C=O) groups is 1. The molecule has 0 aliphatic carbocycles. The number of carbonyl (C=O) groups excluding carboxylic acids is 1. The smallest absolute Gasteiger partial charge is 0.261 e. The number of amides is 1. The van der Waals surface area contributed by atoms with Crippen LogP contribution in [-0.4, -0.2) is 25.6 Å². The number of nitrogens with one attached hydrogen (secondary N) is 2. The lowest BCUT2D eigenvalue weighted by atomic mass is 10.1. The van der Waals surface area contributed by atoms with Gasteiger partial charge < -0.3 is 0 Å². The molecule has 1 aromatic rings. The Morgan fingerprint density at radius 2 is 1.70 bits per heavy atom. The molecule has 0 bridgehead atoms. The minimum absolute atomic E-state index is 0.158. The molecular weight excluding hydrogens is 327 g/mol. The van der Waals surface area contributed by atoms with E-state index in [1.54, 1.807) is 13.8 Å². The van der Waals surface area contributed by atoms with Crippen molar-refractivity contribution in [2.75, 3.05) is 0 Å². The van der Waals surface area contributed by atoms with E-state index >= 15 is 0 Å². The van der Waals surface area contributed by atoms with Crippen molar-refractivity contribution in [1.82, 2.24) is 10.2 Å². The molecule has 0 aliphatic heterocycles. The van der Waals surface area contributed by atoms with Crippen molar-refractivity contribution in [3.05, 3.63) is 28.2 Å². The molecule has 0 aliphatic rings. The van der Waals surface area contributed by atoms with Crippen LogP contribution in [0, 0.1) is 5.92 Å². The lowest BCUT2D eigenvalue weighted by Crippen LogP contribution is -2.48. The third-order valence-corrected chi connectivity index (χ3v) is 4.34. The van der Waals surface area contributed by atoms with Gasteiger partial charge in [-0.1, -0.05) is 37.0 Å². The third kappa shape index (κ3) is 4.32. The summed E-state index contributed by atoms with van der Waals surface area (Å²) in [5.74, 6) is -1.22. The summed E-state index contributed by atoms with van der Waals surface area (Å²) in [6, 6.07) is 2.69. The van der Waals surface area contributed by atoms with Crippen LogP contribution in [0.5, 0.6) is 0 Å². The van der Waals surface area contributed by atoms with Gasteiger partial charge in [-0.25, -0.2) is 13.9 Å². The molecule has 1 amide bonds. The van der Waals surface area contributed by atoms with Gasteiger partial charge in [-0.15, -0.1) is 0 Å². The van der Waals surface area contributed by atoms with Crippen LogP contribution in [0.2, 0.25) is 10.0 Å². The summed E-state index contributed by atoms with van der Waals surface area (Å²) in [5, 5.41) is 8.95. The fourth-order valence-corrected chi connectivity index (χ4v) is 3.55.